The van der Waals surface area contributed by atoms with Gasteiger partial charge in [0.05, 0.1) is 12.2 Å². The largest absolute Gasteiger partial charge is 1.00 e. The van der Waals surface area contributed by atoms with Crippen LogP contribution in [0.2, 0.25) is 0 Å². The zero-order chi connectivity index (χ0) is 19.4. The molecule has 0 N–H and O–H groups in total. The second-order valence-electron chi connectivity index (χ2n) is 7.97. The number of aliphatic carboxylic acids is 1. The van der Waals surface area contributed by atoms with Gasteiger partial charge in [-0.2, -0.15) is 0 Å². The molecule has 2 aromatic heterocycles. The molecule has 1 aliphatic carbocycles. The number of aryl methyl sites for hydroxylation is 1. The SMILES string of the molecule is Cc1ccc(CN(CCC(=O)[O-])c2nc(C3CCC(C(C)C)CC3)cs2)s1.[Na+]. The van der Waals surface area contributed by atoms with Gasteiger partial charge in [-0.3, -0.25) is 0 Å². The van der Waals surface area contributed by atoms with Crippen molar-refractivity contribution < 1.29 is 39.5 Å². The molecule has 0 atom stereocenters. The van der Waals surface area contributed by atoms with Crippen molar-refractivity contribution >= 4 is 33.8 Å². The predicted molar refractivity (Wildman–Crippen MR) is 111 cm³/mol. The van der Waals surface area contributed by atoms with E-state index in [0.717, 1.165) is 17.0 Å². The van der Waals surface area contributed by atoms with Crippen molar-refractivity contribution in [3.63, 3.8) is 0 Å². The Morgan fingerprint density at radius 1 is 1.29 bits per heavy atom. The summed E-state index contributed by atoms with van der Waals surface area (Å²) < 4.78 is 0. The molecule has 28 heavy (non-hydrogen) atoms. The van der Waals surface area contributed by atoms with Crippen molar-refractivity contribution in [3.8, 4) is 0 Å². The maximum absolute atomic E-state index is 11.0. The maximum Gasteiger partial charge on any atom is 1.00 e. The first kappa shape index (κ1) is 23.9. The summed E-state index contributed by atoms with van der Waals surface area (Å²) in [5.74, 6) is 1.16. The van der Waals surface area contributed by atoms with Crippen LogP contribution in [0.25, 0.3) is 0 Å². The summed E-state index contributed by atoms with van der Waals surface area (Å²) in [4.78, 5) is 20.5. The number of thiazole rings is 1. The third-order valence-electron chi connectivity index (χ3n) is 5.64. The van der Waals surface area contributed by atoms with Crippen LogP contribution in [-0.2, 0) is 11.3 Å². The first-order valence-corrected chi connectivity index (χ1v) is 11.6. The molecule has 3 rings (SSSR count). The average molecular weight is 429 g/mol. The molecule has 1 aliphatic rings. The van der Waals surface area contributed by atoms with Crippen LogP contribution >= 0.6 is 22.7 Å². The molecular formula is C21H29N2NaO2S2. The topological polar surface area (TPSA) is 56.3 Å². The van der Waals surface area contributed by atoms with E-state index >= 15 is 0 Å². The van der Waals surface area contributed by atoms with Crippen LogP contribution in [0.5, 0.6) is 0 Å². The summed E-state index contributed by atoms with van der Waals surface area (Å²) in [5.41, 5.74) is 1.19. The van der Waals surface area contributed by atoms with Crippen LogP contribution in [-0.4, -0.2) is 17.5 Å². The summed E-state index contributed by atoms with van der Waals surface area (Å²) in [7, 11) is 0. The van der Waals surface area contributed by atoms with Gasteiger partial charge >= 0.3 is 29.6 Å². The Labute approximate surface area is 198 Å². The van der Waals surface area contributed by atoms with Gasteiger partial charge in [0, 0.05) is 40.0 Å². The Morgan fingerprint density at radius 2 is 2.00 bits per heavy atom. The number of anilines is 1. The molecule has 0 bridgehead atoms. The number of hydrogen-bond donors (Lipinski definition) is 0. The Bertz CT molecular complexity index is 751. The normalized spacial score (nSPS) is 19.4. The van der Waals surface area contributed by atoms with E-state index in [-0.39, 0.29) is 36.0 Å². The fourth-order valence-electron chi connectivity index (χ4n) is 3.92. The van der Waals surface area contributed by atoms with E-state index in [1.807, 2.05) is 0 Å². The number of carboxylic acids is 1. The van der Waals surface area contributed by atoms with E-state index in [2.05, 4.69) is 43.2 Å². The summed E-state index contributed by atoms with van der Waals surface area (Å²) in [6.45, 7) is 7.89. The number of nitrogens with zero attached hydrogens (tertiary/aromatic N) is 2. The van der Waals surface area contributed by atoms with Crippen molar-refractivity contribution in [2.75, 3.05) is 11.4 Å². The van der Waals surface area contributed by atoms with Gasteiger partial charge in [-0.15, -0.1) is 22.7 Å². The Morgan fingerprint density at radius 3 is 2.57 bits per heavy atom. The van der Waals surface area contributed by atoms with Crippen molar-refractivity contribution in [1.82, 2.24) is 4.98 Å². The van der Waals surface area contributed by atoms with Gasteiger partial charge < -0.3 is 14.8 Å². The Balaban J connectivity index is 0.00000280. The van der Waals surface area contributed by atoms with Crippen LogP contribution in [0.3, 0.4) is 0 Å². The van der Waals surface area contributed by atoms with Gasteiger partial charge in [-0.25, -0.2) is 4.98 Å². The first-order chi connectivity index (χ1) is 12.9. The molecular weight excluding hydrogens is 399 g/mol. The fourth-order valence-corrected chi connectivity index (χ4v) is 5.76. The van der Waals surface area contributed by atoms with Crippen LogP contribution < -0.4 is 39.6 Å². The van der Waals surface area contributed by atoms with E-state index < -0.39 is 5.97 Å². The molecule has 0 amide bonds. The van der Waals surface area contributed by atoms with Gasteiger partial charge in [-0.05, 0) is 56.6 Å². The molecule has 1 saturated carbocycles. The van der Waals surface area contributed by atoms with Crippen molar-refractivity contribution in [2.24, 2.45) is 11.8 Å². The molecule has 7 heteroatoms. The summed E-state index contributed by atoms with van der Waals surface area (Å²) in [6.07, 6.45) is 5.04. The monoisotopic (exact) mass is 428 g/mol. The van der Waals surface area contributed by atoms with Crippen molar-refractivity contribution in [2.45, 2.75) is 65.3 Å². The number of hydrogen-bond acceptors (Lipinski definition) is 6. The minimum absolute atomic E-state index is 0. The molecule has 0 saturated heterocycles. The number of thiophene rings is 1. The third-order valence-corrected chi connectivity index (χ3v) is 7.55. The van der Waals surface area contributed by atoms with Crippen molar-refractivity contribution in [3.05, 3.63) is 33.0 Å². The second-order valence-corrected chi connectivity index (χ2v) is 10.2. The molecule has 0 aromatic carbocycles. The predicted octanol–water partition coefficient (Wildman–Crippen LogP) is 1.59. The van der Waals surface area contributed by atoms with E-state index in [0.29, 0.717) is 19.0 Å². The van der Waals surface area contributed by atoms with Crippen LogP contribution in [0.15, 0.2) is 17.5 Å². The molecule has 148 valence electrons. The van der Waals surface area contributed by atoms with E-state index in [4.69, 9.17) is 4.98 Å². The number of carbonyl (C=O) groups excluding carboxylic acids is 1. The fraction of sp³-hybridized carbons (Fsp3) is 0.619. The minimum Gasteiger partial charge on any atom is -0.550 e. The summed E-state index contributed by atoms with van der Waals surface area (Å²) in [6, 6.07) is 4.23. The Kier molecular flexibility index (Phi) is 9.48. The molecule has 2 heterocycles. The Hall–Kier alpha value is -0.400. The second kappa shape index (κ2) is 11.1. The number of carbonyl (C=O) groups is 1. The number of rotatable bonds is 8. The van der Waals surface area contributed by atoms with Gasteiger partial charge in [0.2, 0.25) is 0 Å². The van der Waals surface area contributed by atoms with Gasteiger partial charge in [0.25, 0.3) is 0 Å². The maximum atomic E-state index is 11.0. The third kappa shape index (κ3) is 6.56. The molecule has 0 spiro atoms. The molecule has 0 unspecified atom stereocenters. The van der Waals surface area contributed by atoms with E-state index in [1.54, 1.807) is 22.7 Å². The van der Waals surface area contributed by atoms with E-state index in [9.17, 15) is 9.90 Å². The minimum atomic E-state index is -1.01. The zero-order valence-corrected chi connectivity index (χ0v) is 21.1. The molecule has 0 radical (unpaired) electrons. The van der Waals surface area contributed by atoms with Crippen LogP contribution in [0.4, 0.5) is 5.13 Å². The first-order valence-electron chi connectivity index (χ1n) is 9.88. The zero-order valence-electron chi connectivity index (χ0n) is 17.4. The van der Waals surface area contributed by atoms with Gasteiger partial charge in [0.15, 0.2) is 5.13 Å². The smallest absolute Gasteiger partial charge is 0.550 e. The van der Waals surface area contributed by atoms with Crippen molar-refractivity contribution in [1.29, 1.82) is 0 Å². The standard InChI is InChI=1S/C21H30N2O2S2.Na/c1-14(2)16-5-7-17(8-6-16)19-13-26-21(22-19)23(11-10-20(24)25)12-18-9-4-15(3)27-18;/h4,9,13-14,16-17H,5-8,10-12H2,1-3H3,(H,24,25);/q;+1/p-1. The molecule has 2 aromatic rings. The van der Waals surface area contributed by atoms with E-state index in [1.165, 1.54) is 41.1 Å². The molecule has 0 aliphatic heterocycles. The average Bonchev–Trinajstić information content (AvgIpc) is 3.27. The van der Waals surface area contributed by atoms with Gasteiger partial charge in [0.1, 0.15) is 0 Å². The number of aromatic nitrogens is 1. The summed E-state index contributed by atoms with van der Waals surface area (Å²) >= 11 is 3.40. The molecule has 4 nitrogen and oxygen atoms in total. The van der Waals surface area contributed by atoms with Crippen LogP contribution in [0.1, 0.15) is 67.3 Å². The van der Waals surface area contributed by atoms with Gasteiger partial charge in [-0.1, -0.05) is 13.8 Å². The van der Waals surface area contributed by atoms with Crippen LogP contribution in [0, 0.1) is 18.8 Å². The quantitative estimate of drug-likeness (QED) is 0.600. The number of carboxylic acid groups (broad SMARTS) is 1. The summed E-state index contributed by atoms with van der Waals surface area (Å²) in [5, 5.41) is 14.1. The molecule has 1 fully saturated rings.